The van der Waals surface area contributed by atoms with Crippen molar-refractivity contribution in [1.29, 1.82) is 0 Å². The molecular weight excluding hydrogens is 616 g/mol. The van der Waals surface area contributed by atoms with Crippen molar-refractivity contribution in [2.75, 3.05) is 0 Å². The third-order valence-corrected chi connectivity index (χ3v) is 8.28. The molecule has 6 aromatic rings. The van der Waals surface area contributed by atoms with Gasteiger partial charge in [-0.2, -0.15) is 0 Å². The first-order valence-electron chi connectivity index (χ1n) is 16.2. The summed E-state index contributed by atoms with van der Waals surface area (Å²) in [4.78, 5) is 0. The number of phenolic OH excluding ortho intramolecular Hbond substituents is 5. The second kappa shape index (κ2) is 15.2. The van der Waals surface area contributed by atoms with Gasteiger partial charge in [0.05, 0.1) is 0 Å². The zero-order chi connectivity index (χ0) is 34.2. The van der Waals surface area contributed by atoms with Crippen molar-refractivity contribution in [3.8, 4) is 51.7 Å². The van der Waals surface area contributed by atoms with Gasteiger partial charge in [0.2, 0.25) is 0 Å². The van der Waals surface area contributed by atoms with Crippen LogP contribution in [0.25, 0.3) is 0 Å². The molecule has 0 amide bonds. The number of aromatic hydroxyl groups is 5. The van der Waals surface area contributed by atoms with Gasteiger partial charge in [-0.05, 0) is 145 Å². The summed E-state index contributed by atoms with van der Waals surface area (Å²) < 4.78 is 12.5. The molecule has 0 bridgehead atoms. The average Bonchev–Trinajstić information content (AvgIpc) is 3.08. The van der Waals surface area contributed by atoms with Crippen molar-refractivity contribution >= 4 is 0 Å². The van der Waals surface area contributed by atoms with E-state index in [1.807, 2.05) is 60.7 Å². The Bertz CT molecular complexity index is 1930. The summed E-state index contributed by atoms with van der Waals surface area (Å²) >= 11 is 0. The van der Waals surface area contributed by atoms with Crippen LogP contribution in [0.4, 0.5) is 0 Å². The summed E-state index contributed by atoms with van der Waals surface area (Å²) in [5.74, 6) is 2.12. The fourth-order valence-corrected chi connectivity index (χ4v) is 5.74. The lowest BCUT2D eigenvalue weighted by molar-refractivity contribution is 0.399. The number of hydrogen-bond acceptors (Lipinski definition) is 7. The first-order chi connectivity index (χ1) is 23.8. The van der Waals surface area contributed by atoms with Gasteiger partial charge in [0, 0.05) is 6.07 Å². The Balaban J connectivity index is 1.24. The van der Waals surface area contributed by atoms with Crippen LogP contribution in [-0.2, 0) is 38.5 Å². The molecule has 0 unspecified atom stereocenters. The molecule has 7 heteroatoms. The van der Waals surface area contributed by atoms with Crippen LogP contribution < -0.4 is 9.47 Å². The SMILES string of the molecule is Oc1cccc(CCc2cc(Oc3cc(CCc4cccc(O)c4)ccc3O)cc(Oc3cc(CCc4cccc(O)c4)ccc3O)c2)c1. The van der Waals surface area contributed by atoms with Crippen molar-refractivity contribution in [3.05, 3.63) is 161 Å². The summed E-state index contributed by atoms with van der Waals surface area (Å²) in [5, 5.41) is 51.0. The van der Waals surface area contributed by atoms with Gasteiger partial charge in [0.1, 0.15) is 28.7 Å². The second-order valence-corrected chi connectivity index (χ2v) is 12.1. The first kappa shape index (κ1) is 32.8. The Labute approximate surface area is 285 Å². The molecule has 49 heavy (non-hydrogen) atoms. The van der Waals surface area contributed by atoms with Crippen molar-refractivity contribution in [1.82, 2.24) is 0 Å². The highest BCUT2D eigenvalue weighted by Gasteiger charge is 2.13. The van der Waals surface area contributed by atoms with Crippen LogP contribution in [0.2, 0.25) is 0 Å². The summed E-state index contributed by atoms with van der Waals surface area (Å²) in [6, 6.07) is 37.5. The average molecular weight is 655 g/mol. The van der Waals surface area contributed by atoms with E-state index in [0.717, 1.165) is 33.4 Å². The molecule has 6 rings (SSSR count). The number of rotatable bonds is 13. The molecular formula is C42H38O7. The van der Waals surface area contributed by atoms with Gasteiger partial charge in [-0.3, -0.25) is 0 Å². The van der Waals surface area contributed by atoms with Gasteiger partial charge in [-0.1, -0.05) is 48.5 Å². The quantitative estimate of drug-likeness (QED) is 0.0842. The normalized spacial score (nSPS) is 10.9. The van der Waals surface area contributed by atoms with E-state index in [2.05, 4.69) is 0 Å². The van der Waals surface area contributed by atoms with Crippen LogP contribution >= 0.6 is 0 Å². The topological polar surface area (TPSA) is 120 Å². The van der Waals surface area contributed by atoms with Gasteiger partial charge in [0.25, 0.3) is 0 Å². The fraction of sp³-hybridized carbons (Fsp3) is 0.143. The predicted molar refractivity (Wildman–Crippen MR) is 189 cm³/mol. The predicted octanol–water partition coefficient (Wildman–Crippen LogP) is 9.15. The molecule has 7 nitrogen and oxygen atoms in total. The molecule has 6 aromatic carbocycles. The minimum Gasteiger partial charge on any atom is -0.508 e. The van der Waals surface area contributed by atoms with E-state index in [0.29, 0.717) is 61.5 Å². The van der Waals surface area contributed by atoms with Crippen LogP contribution in [0, 0.1) is 0 Å². The molecule has 0 radical (unpaired) electrons. The Morgan fingerprint density at radius 1 is 0.327 bits per heavy atom. The smallest absolute Gasteiger partial charge is 0.169 e. The lowest BCUT2D eigenvalue weighted by atomic mass is 10.0. The third kappa shape index (κ3) is 9.26. The monoisotopic (exact) mass is 654 g/mol. The van der Waals surface area contributed by atoms with Crippen molar-refractivity contribution < 1.29 is 35.0 Å². The van der Waals surface area contributed by atoms with Gasteiger partial charge < -0.3 is 35.0 Å². The molecule has 0 saturated carbocycles. The Morgan fingerprint density at radius 3 is 1.04 bits per heavy atom. The summed E-state index contributed by atoms with van der Waals surface area (Å²) in [5.41, 5.74) is 5.80. The molecule has 0 aliphatic rings. The molecule has 0 fully saturated rings. The maximum atomic E-state index is 10.7. The minimum absolute atomic E-state index is 0.00850. The molecule has 0 aliphatic carbocycles. The highest BCUT2D eigenvalue weighted by atomic mass is 16.5. The van der Waals surface area contributed by atoms with Crippen LogP contribution in [0.15, 0.2) is 127 Å². The number of ether oxygens (including phenoxy) is 2. The molecule has 0 aliphatic heterocycles. The number of phenols is 5. The number of benzene rings is 6. The van der Waals surface area contributed by atoms with Crippen LogP contribution in [0.5, 0.6) is 51.7 Å². The highest BCUT2D eigenvalue weighted by molar-refractivity contribution is 5.50. The summed E-state index contributed by atoms with van der Waals surface area (Å²) in [6.07, 6.45) is 4.04. The van der Waals surface area contributed by atoms with E-state index in [4.69, 9.17) is 9.47 Å². The molecule has 0 saturated heterocycles. The molecule has 0 spiro atoms. The number of aryl methyl sites for hydroxylation is 6. The van der Waals surface area contributed by atoms with E-state index in [9.17, 15) is 25.5 Å². The summed E-state index contributed by atoms with van der Waals surface area (Å²) in [7, 11) is 0. The largest absolute Gasteiger partial charge is 0.508 e. The minimum atomic E-state index is -0.00850. The lowest BCUT2D eigenvalue weighted by Gasteiger charge is -2.15. The molecule has 0 atom stereocenters. The van der Waals surface area contributed by atoms with E-state index in [-0.39, 0.29) is 28.7 Å². The van der Waals surface area contributed by atoms with E-state index in [1.54, 1.807) is 66.7 Å². The fourth-order valence-electron chi connectivity index (χ4n) is 5.74. The van der Waals surface area contributed by atoms with Crippen molar-refractivity contribution in [3.63, 3.8) is 0 Å². The third-order valence-electron chi connectivity index (χ3n) is 8.28. The first-order valence-corrected chi connectivity index (χ1v) is 16.2. The van der Waals surface area contributed by atoms with Gasteiger partial charge >= 0.3 is 0 Å². The van der Waals surface area contributed by atoms with Gasteiger partial charge in [-0.25, -0.2) is 0 Å². The van der Waals surface area contributed by atoms with E-state index < -0.39 is 0 Å². The highest BCUT2D eigenvalue weighted by Crippen LogP contribution is 2.38. The Morgan fingerprint density at radius 2 is 0.673 bits per heavy atom. The summed E-state index contributed by atoms with van der Waals surface area (Å²) in [6.45, 7) is 0. The molecule has 0 aromatic heterocycles. The second-order valence-electron chi connectivity index (χ2n) is 12.1. The maximum Gasteiger partial charge on any atom is 0.169 e. The standard InChI is InChI=1S/C42H38O7/c43-34-7-1-4-28(20-34)10-12-31-16-18-39(46)41(25-31)48-37-23-33(15-14-30-6-3-9-36(45)22-30)24-38(27-37)49-42-26-32(17-19-40(42)47)13-11-29-5-2-8-35(44)21-29/h1-9,16-27,43-47H,10-15H2. The number of hydrogen-bond donors (Lipinski definition) is 5. The maximum absolute atomic E-state index is 10.7. The van der Waals surface area contributed by atoms with Crippen LogP contribution in [0.3, 0.4) is 0 Å². The Kier molecular flexibility index (Phi) is 10.2. The Hall–Kier alpha value is -6.08. The van der Waals surface area contributed by atoms with Crippen molar-refractivity contribution in [2.24, 2.45) is 0 Å². The van der Waals surface area contributed by atoms with Gasteiger partial charge in [-0.15, -0.1) is 0 Å². The van der Waals surface area contributed by atoms with E-state index in [1.165, 1.54) is 0 Å². The van der Waals surface area contributed by atoms with Crippen LogP contribution in [-0.4, -0.2) is 25.5 Å². The van der Waals surface area contributed by atoms with Crippen molar-refractivity contribution in [2.45, 2.75) is 38.5 Å². The van der Waals surface area contributed by atoms with Crippen LogP contribution in [0.1, 0.15) is 33.4 Å². The zero-order valence-electron chi connectivity index (χ0n) is 26.9. The molecule has 248 valence electrons. The van der Waals surface area contributed by atoms with Gasteiger partial charge in [0.15, 0.2) is 23.0 Å². The zero-order valence-corrected chi connectivity index (χ0v) is 26.9. The molecule has 0 heterocycles. The lowest BCUT2D eigenvalue weighted by Crippen LogP contribution is -1.97. The van der Waals surface area contributed by atoms with E-state index >= 15 is 0 Å². The molecule has 5 N–H and O–H groups in total.